The summed E-state index contributed by atoms with van der Waals surface area (Å²) >= 11 is 0. The van der Waals surface area contributed by atoms with Gasteiger partial charge in [0.15, 0.2) is 17.3 Å². The Bertz CT molecular complexity index is 336. The molecular weight excluding hydrogens is 178 g/mol. The van der Waals surface area contributed by atoms with Crippen LogP contribution in [0, 0.1) is 5.82 Å². The lowest BCUT2D eigenvalue weighted by molar-refractivity contribution is 0.101. The summed E-state index contributed by atoms with van der Waals surface area (Å²) in [5, 5.41) is 9.39. The van der Waals surface area contributed by atoms with E-state index in [1.165, 1.54) is 19.1 Å². The van der Waals surface area contributed by atoms with Gasteiger partial charge in [-0.2, -0.15) is 0 Å². The van der Waals surface area contributed by atoms with Gasteiger partial charge in [-0.3, -0.25) is 4.79 Å². The Kier molecular flexibility index (Phi) is 2.43. The molecule has 0 saturated carbocycles. The van der Waals surface area contributed by atoms with Crippen molar-refractivity contribution in [1.82, 2.24) is 0 Å². The minimum Gasteiger partial charge on any atom is -0.504 e. The maximum Gasteiger partial charge on any atom is 0.172 e. The highest BCUT2D eigenvalue weighted by molar-refractivity contribution is 7.27. The number of carbonyl (C=O) groups is 1. The van der Waals surface area contributed by atoms with Crippen LogP contribution in [-0.2, 0) is 0 Å². The molecule has 0 radical (unpaired) electrons. The van der Waals surface area contributed by atoms with Crippen LogP contribution in [0.3, 0.4) is 0 Å². The molecule has 1 unspecified atom stereocenters. The SMILES string of the molecule is CC(=O)c1ccc(P)c(F)c1O. The summed E-state index contributed by atoms with van der Waals surface area (Å²) in [5.41, 5.74) is 0.0127. The third-order valence-electron chi connectivity index (χ3n) is 1.53. The summed E-state index contributed by atoms with van der Waals surface area (Å²) in [4.78, 5) is 10.8. The van der Waals surface area contributed by atoms with E-state index in [0.29, 0.717) is 0 Å². The summed E-state index contributed by atoms with van der Waals surface area (Å²) in [6.45, 7) is 1.27. The molecule has 1 N–H and O–H groups in total. The van der Waals surface area contributed by atoms with E-state index in [4.69, 9.17) is 5.11 Å². The Balaban J connectivity index is 3.36. The van der Waals surface area contributed by atoms with Crippen molar-refractivity contribution < 1.29 is 14.3 Å². The number of Topliss-reactive ketones (excluding diaryl/α,β-unsaturated/α-hetero) is 1. The van der Waals surface area contributed by atoms with Gasteiger partial charge in [-0.15, -0.1) is 9.24 Å². The average molecular weight is 186 g/mol. The van der Waals surface area contributed by atoms with Crippen molar-refractivity contribution in [3.8, 4) is 5.75 Å². The Morgan fingerprint density at radius 3 is 2.67 bits per heavy atom. The molecule has 0 spiro atoms. The fourth-order valence-corrected chi connectivity index (χ4v) is 1.10. The molecular formula is C8H8FO2P. The molecule has 2 nitrogen and oxygen atoms in total. The molecule has 0 heterocycles. The largest absolute Gasteiger partial charge is 0.504 e. The number of phenols is 1. The van der Waals surface area contributed by atoms with E-state index in [1.54, 1.807) is 0 Å². The lowest BCUT2D eigenvalue weighted by Gasteiger charge is -2.02. The number of aromatic hydroxyl groups is 1. The van der Waals surface area contributed by atoms with Gasteiger partial charge in [0, 0.05) is 5.30 Å². The number of rotatable bonds is 1. The zero-order valence-electron chi connectivity index (χ0n) is 6.47. The van der Waals surface area contributed by atoms with Crippen molar-refractivity contribution in [3.63, 3.8) is 0 Å². The molecule has 0 aromatic heterocycles. The zero-order valence-corrected chi connectivity index (χ0v) is 7.62. The fraction of sp³-hybridized carbons (Fsp3) is 0.125. The molecule has 12 heavy (non-hydrogen) atoms. The summed E-state index contributed by atoms with van der Waals surface area (Å²) in [5.74, 6) is -1.68. The maximum atomic E-state index is 12.9. The van der Waals surface area contributed by atoms with Crippen LogP contribution >= 0.6 is 9.24 Å². The van der Waals surface area contributed by atoms with Crippen molar-refractivity contribution in [1.29, 1.82) is 0 Å². The second kappa shape index (κ2) is 3.20. The monoisotopic (exact) mass is 186 g/mol. The summed E-state index contributed by atoms with van der Waals surface area (Å²) in [6, 6.07) is 2.82. The summed E-state index contributed by atoms with van der Waals surface area (Å²) < 4.78 is 12.9. The minimum absolute atomic E-state index is 0.0127. The molecule has 0 amide bonds. The van der Waals surface area contributed by atoms with Crippen LogP contribution in [0.5, 0.6) is 5.75 Å². The van der Waals surface area contributed by atoms with Crippen molar-refractivity contribution in [2.75, 3.05) is 0 Å². The van der Waals surface area contributed by atoms with Crippen LogP contribution in [0.1, 0.15) is 17.3 Å². The number of phenolic OH excluding ortho intramolecular Hbond substituents is 1. The highest BCUT2D eigenvalue weighted by Gasteiger charge is 2.12. The molecule has 0 saturated heterocycles. The molecule has 0 aliphatic rings. The summed E-state index contributed by atoms with van der Waals surface area (Å²) in [7, 11) is 2.13. The van der Waals surface area contributed by atoms with Crippen LogP contribution in [0.2, 0.25) is 0 Å². The first-order valence-electron chi connectivity index (χ1n) is 3.32. The van der Waals surface area contributed by atoms with Gasteiger partial charge in [0.2, 0.25) is 0 Å². The Labute approximate surface area is 71.6 Å². The predicted octanol–water partition coefficient (Wildman–Crippen LogP) is 1.23. The van der Waals surface area contributed by atoms with E-state index < -0.39 is 11.6 Å². The third-order valence-corrected chi connectivity index (χ3v) is 1.97. The fourth-order valence-electron chi connectivity index (χ4n) is 0.864. The van der Waals surface area contributed by atoms with Gasteiger partial charge in [-0.1, -0.05) is 6.07 Å². The summed E-state index contributed by atoms with van der Waals surface area (Å²) in [6.07, 6.45) is 0. The van der Waals surface area contributed by atoms with E-state index in [-0.39, 0.29) is 16.7 Å². The Morgan fingerprint density at radius 1 is 1.58 bits per heavy atom. The molecule has 1 rings (SSSR count). The molecule has 0 bridgehead atoms. The second-order valence-electron chi connectivity index (χ2n) is 2.42. The van der Waals surface area contributed by atoms with Crippen LogP contribution in [0.15, 0.2) is 12.1 Å². The van der Waals surface area contributed by atoms with Gasteiger partial charge in [0.1, 0.15) is 0 Å². The molecule has 64 valence electrons. The van der Waals surface area contributed by atoms with E-state index >= 15 is 0 Å². The van der Waals surface area contributed by atoms with E-state index in [0.717, 1.165) is 0 Å². The third kappa shape index (κ3) is 1.46. The normalized spacial score (nSPS) is 9.92. The number of ketones is 1. The lowest BCUT2D eigenvalue weighted by atomic mass is 10.1. The number of halogens is 1. The van der Waals surface area contributed by atoms with E-state index in [1.807, 2.05) is 0 Å². The van der Waals surface area contributed by atoms with Crippen molar-refractivity contribution in [2.24, 2.45) is 0 Å². The molecule has 1 aromatic carbocycles. The first-order chi connectivity index (χ1) is 5.54. The first kappa shape index (κ1) is 9.14. The van der Waals surface area contributed by atoms with Gasteiger partial charge in [-0.05, 0) is 13.0 Å². The number of benzene rings is 1. The zero-order chi connectivity index (χ0) is 9.30. The molecule has 0 aliphatic carbocycles. The van der Waals surface area contributed by atoms with Crippen molar-refractivity contribution in [3.05, 3.63) is 23.5 Å². The number of hydrogen-bond donors (Lipinski definition) is 1. The Morgan fingerprint density at radius 2 is 2.17 bits per heavy atom. The topological polar surface area (TPSA) is 37.3 Å². The standard InChI is InChI=1S/C8H8FO2P/c1-4(10)5-2-3-6(12)7(9)8(5)11/h2-3,11H,12H2,1H3. The molecule has 0 fully saturated rings. The van der Waals surface area contributed by atoms with E-state index in [2.05, 4.69) is 9.24 Å². The van der Waals surface area contributed by atoms with Crippen LogP contribution in [0.25, 0.3) is 0 Å². The van der Waals surface area contributed by atoms with Crippen molar-refractivity contribution >= 4 is 20.3 Å². The Hall–Kier alpha value is -0.950. The van der Waals surface area contributed by atoms with Gasteiger partial charge < -0.3 is 5.11 Å². The van der Waals surface area contributed by atoms with Gasteiger partial charge in [0.05, 0.1) is 5.56 Å². The second-order valence-corrected chi connectivity index (χ2v) is 3.04. The predicted molar refractivity (Wildman–Crippen MR) is 47.4 cm³/mol. The molecule has 1 aromatic rings. The molecule has 0 aliphatic heterocycles. The average Bonchev–Trinajstić information content (AvgIpc) is 2.00. The van der Waals surface area contributed by atoms with Gasteiger partial charge in [0.25, 0.3) is 0 Å². The lowest BCUT2D eigenvalue weighted by Crippen LogP contribution is -2.03. The first-order valence-corrected chi connectivity index (χ1v) is 3.89. The maximum absolute atomic E-state index is 12.9. The van der Waals surface area contributed by atoms with E-state index in [9.17, 15) is 9.18 Å². The van der Waals surface area contributed by atoms with Crippen molar-refractivity contribution in [2.45, 2.75) is 6.92 Å². The van der Waals surface area contributed by atoms with Gasteiger partial charge in [-0.25, -0.2) is 4.39 Å². The number of carbonyl (C=O) groups excluding carboxylic acids is 1. The highest BCUT2D eigenvalue weighted by atomic mass is 31.0. The quantitative estimate of drug-likeness (QED) is 0.529. The molecule has 1 atom stereocenters. The van der Waals surface area contributed by atoms with Crippen LogP contribution < -0.4 is 5.30 Å². The smallest absolute Gasteiger partial charge is 0.172 e. The van der Waals surface area contributed by atoms with Crippen LogP contribution in [-0.4, -0.2) is 10.9 Å². The minimum atomic E-state index is -0.757. The number of hydrogen-bond acceptors (Lipinski definition) is 2. The highest BCUT2D eigenvalue weighted by Crippen LogP contribution is 2.20. The molecule has 4 heteroatoms. The van der Waals surface area contributed by atoms with Gasteiger partial charge >= 0.3 is 0 Å². The van der Waals surface area contributed by atoms with Crippen LogP contribution in [0.4, 0.5) is 4.39 Å².